The zero-order valence-corrected chi connectivity index (χ0v) is 14.9. The van der Waals surface area contributed by atoms with Gasteiger partial charge in [0, 0.05) is 19.0 Å². The monoisotopic (exact) mass is 340 g/mol. The second-order valence-electron chi connectivity index (χ2n) is 7.49. The van der Waals surface area contributed by atoms with Crippen LogP contribution in [0.3, 0.4) is 0 Å². The van der Waals surface area contributed by atoms with Crippen LogP contribution in [0.25, 0.3) is 0 Å². The van der Waals surface area contributed by atoms with Crippen LogP contribution in [0.4, 0.5) is 6.01 Å². The molecular weight excluding hydrogens is 312 g/mol. The number of likely N-dealkylation sites (tertiary alicyclic amines) is 1. The van der Waals surface area contributed by atoms with Gasteiger partial charge in [0.05, 0.1) is 0 Å². The number of hydrogen-bond acceptors (Lipinski definition) is 5. The second kappa shape index (κ2) is 8.00. The molecule has 1 aliphatic carbocycles. The Hall–Kier alpha value is -1.88. The number of hydrogen-bond donors (Lipinski definition) is 1. The standard InChI is InChI=1S/C20H28N4O/c1-2-5-17(6-3-1)15-24-13-10-16(11-14-24)9-12-21-20-23-22-19(25-20)18-7-4-8-18/h1-3,5-6,16,18H,4,7-15H2,(H,21,23). The molecule has 1 aromatic heterocycles. The molecule has 1 saturated carbocycles. The maximum absolute atomic E-state index is 5.72. The Kier molecular flexibility index (Phi) is 5.31. The van der Waals surface area contributed by atoms with Crippen molar-refractivity contribution in [2.75, 3.05) is 25.0 Å². The summed E-state index contributed by atoms with van der Waals surface area (Å²) in [6.45, 7) is 4.41. The van der Waals surface area contributed by atoms with E-state index in [2.05, 4.69) is 50.7 Å². The molecule has 0 unspecified atom stereocenters. The summed E-state index contributed by atoms with van der Waals surface area (Å²) in [7, 11) is 0. The summed E-state index contributed by atoms with van der Waals surface area (Å²) in [5, 5.41) is 11.6. The first-order valence-electron chi connectivity index (χ1n) is 9.70. The summed E-state index contributed by atoms with van der Waals surface area (Å²) in [5.41, 5.74) is 1.42. The van der Waals surface area contributed by atoms with E-state index in [1.165, 1.54) is 57.2 Å². The van der Waals surface area contributed by atoms with E-state index in [0.29, 0.717) is 11.9 Å². The fourth-order valence-electron chi connectivity index (χ4n) is 3.78. The van der Waals surface area contributed by atoms with Crippen LogP contribution in [0, 0.1) is 5.92 Å². The molecule has 25 heavy (non-hydrogen) atoms. The van der Waals surface area contributed by atoms with Gasteiger partial charge in [-0.1, -0.05) is 41.9 Å². The number of aromatic nitrogens is 2. The molecule has 0 spiro atoms. The molecule has 1 aliphatic heterocycles. The van der Waals surface area contributed by atoms with Gasteiger partial charge in [-0.25, -0.2) is 0 Å². The third kappa shape index (κ3) is 4.40. The normalized spacial score (nSPS) is 19.7. The van der Waals surface area contributed by atoms with Crippen molar-refractivity contribution in [3.05, 3.63) is 41.8 Å². The average Bonchev–Trinajstić information content (AvgIpc) is 3.04. The molecule has 2 aromatic rings. The summed E-state index contributed by atoms with van der Waals surface area (Å²) in [5.74, 6) is 2.13. The SMILES string of the molecule is c1ccc(CN2CCC(CCNc3nnc(C4CCC4)o3)CC2)cc1. The Balaban J connectivity index is 1.15. The van der Waals surface area contributed by atoms with Crippen molar-refractivity contribution in [1.29, 1.82) is 0 Å². The van der Waals surface area contributed by atoms with Crippen molar-refractivity contribution in [2.45, 2.75) is 51.0 Å². The van der Waals surface area contributed by atoms with Gasteiger partial charge in [-0.05, 0) is 56.7 Å². The highest BCUT2D eigenvalue weighted by molar-refractivity contribution is 5.18. The third-order valence-corrected chi connectivity index (χ3v) is 5.68. The smallest absolute Gasteiger partial charge is 0.315 e. The van der Waals surface area contributed by atoms with Crippen LogP contribution in [0.1, 0.15) is 55.9 Å². The van der Waals surface area contributed by atoms with Crippen LogP contribution in [-0.4, -0.2) is 34.7 Å². The first kappa shape index (κ1) is 16.6. The maximum atomic E-state index is 5.72. The molecule has 0 radical (unpaired) electrons. The van der Waals surface area contributed by atoms with E-state index >= 15 is 0 Å². The molecule has 5 heteroatoms. The average molecular weight is 340 g/mol. The van der Waals surface area contributed by atoms with Gasteiger partial charge in [0.15, 0.2) is 0 Å². The van der Waals surface area contributed by atoms with Gasteiger partial charge in [-0.3, -0.25) is 4.90 Å². The molecule has 134 valence electrons. The lowest BCUT2D eigenvalue weighted by Crippen LogP contribution is -2.33. The van der Waals surface area contributed by atoms with E-state index in [4.69, 9.17) is 4.42 Å². The Labute approximate surface area is 149 Å². The molecule has 5 nitrogen and oxygen atoms in total. The van der Waals surface area contributed by atoms with Crippen LogP contribution in [0.5, 0.6) is 0 Å². The Morgan fingerprint density at radius 2 is 1.84 bits per heavy atom. The number of nitrogens with one attached hydrogen (secondary N) is 1. The predicted molar refractivity (Wildman–Crippen MR) is 98.4 cm³/mol. The quantitative estimate of drug-likeness (QED) is 0.824. The van der Waals surface area contributed by atoms with Crippen molar-refractivity contribution in [3.63, 3.8) is 0 Å². The molecular formula is C20H28N4O. The van der Waals surface area contributed by atoms with E-state index in [0.717, 1.165) is 24.9 Å². The van der Waals surface area contributed by atoms with E-state index < -0.39 is 0 Å². The van der Waals surface area contributed by atoms with Crippen LogP contribution >= 0.6 is 0 Å². The molecule has 0 amide bonds. The van der Waals surface area contributed by atoms with Gasteiger partial charge in [0.1, 0.15) is 0 Å². The number of rotatable bonds is 7. The van der Waals surface area contributed by atoms with E-state index in [-0.39, 0.29) is 0 Å². The van der Waals surface area contributed by atoms with Gasteiger partial charge in [-0.15, -0.1) is 5.10 Å². The lowest BCUT2D eigenvalue weighted by atomic mass is 9.85. The van der Waals surface area contributed by atoms with Gasteiger partial charge in [-0.2, -0.15) is 0 Å². The van der Waals surface area contributed by atoms with Crippen LogP contribution in [-0.2, 0) is 6.54 Å². The number of piperidine rings is 1. The maximum Gasteiger partial charge on any atom is 0.315 e. The minimum absolute atomic E-state index is 0.511. The highest BCUT2D eigenvalue weighted by atomic mass is 16.4. The molecule has 1 aromatic carbocycles. The van der Waals surface area contributed by atoms with Crippen molar-refractivity contribution in [1.82, 2.24) is 15.1 Å². The highest BCUT2D eigenvalue weighted by Crippen LogP contribution is 2.35. The zero-order chi connectivity index (χ0) is 16.9. The summed E-state index contributed by atoms with van der Waals surface area (Å²) in [6, 6.07) is 11.4. The first-order chi connectivity index (χ1) is 12.4. The van der Waals surface area contributed by atoms with Crippen molar-refractivity contribution < 1.29 is 4.42 Å². The van der Waals surface area contributed by atoms with Gasteiger partial charge >= 0.3 is 6.01 Å². The number of anilines is 1. The summed E-state index contributed by atoms with van der Waals surface area (Å²) in [6.07, 6.45) is 7.43. The molecule has 0 bridgehead atoms. The fraction of sp³-hybridized carbons (Fsp3) is 0.600. The summed E-state index contributed by atoms with van der Waals surface area (Å²) >= 11 is 0. The first-order valence-corrected chi connectivity index (χ1v) is 9.70. The van der Waals surface area contributed by atoms with Gasteiger partial charge in [0.2, 0.25) is 5.89 Å². The Bertz CT molecular complexity index is 645. The highest BCUT2D eigenvalue weighted by Gasteiger charge is 2.25. The summed E-state index contributed by atoms with van der Waals surface area (Å²) < 4.78 is 5.72. The fourth-order valence-corrected chi connectivity index (χ4v) is 3.78. The topological polar surface area (TPSA) is 54.2 Å². The van der Waals surface area contributed by atoms with Crippen molar-refractivity contribution in [3.8, 4) is 0 Å². The Morgan fingerprint density at radius 1 is 1.04 bits per heavy atom. The van der Waals surface area contributed by atoms with E-state index in [9.17, 15) is 0 Å². The number of benzene rings is 1. The molecule has 2 aliphatic rings. The predicted octanol–water partition coefficient (Wildman–Crippen LogP) is 4.05. The summed E-state index contributed by atoms with van der Waals surface area (Å²) in [4.78, 5) is 2.57. The van der Waals surface area contributed by atoms with E-state index in [1.807, 2.05) is 0 Å². The van der Waals surface area contributed by atoms with Gasteiger partial charge in [0.25, 0.3) is 0 Å². The van der Waals surface area contributed by atoms with E-state index in [1.54, 1.807) is 0 Å². The van der Waals surface area contributed by atoms with Crippen molar-refractivity contribution in [2.24, 2.45) is 5.92 Å². The molecule has 2 heterocycles. The minimum atomic E-state index is 0.511. The molecule has 1 saturated heterocycles. The van der Waals surface area contributed by atoms with Crippen LogP contribution in [0.2, 0.25) is 0 Å². The molecule has 0 atom stereocenters. The zero-order valence-electron chi connectivity index (χ0n) is 14.9. The molecule has 1 N–H and O–H groups in total. The van der Waals surface area contributed by atoms with Gasteiger partial charge < -0.3 is 9.73 Å². The van der Waals surface area contributed by atoms with Crippen molar-refractivity contribution >= 4 is 6.01 Å². The third-order valence-electron chi connectivity index (χ3n) is 5.68. The molecule has 2 fully saturated rings. The minimum Gasteiger partial charge on any atom is -0.408 e. The number of nitrogens with zero attached hydrogens (tertiary/aromatic N) is 3. The molecule has 4 rings (SSSR count). The van der Waals surface area contributed by atoms with Crippen LogP contribution < -0.4 is 5.32 Å². The second-order valence-corrected chi connectivity index (χ2v) is 7.49. The Morgan fingerprint density at radius 3 is 2.56 bits per heavy atom. The lowest BCUT2D eigenvalue weighted by molar-refractivity contribution is 0.174. The largest absolute Gasteiger partial charge is 0.408 e. The lowest BCUT2D eigenvalue weighted by Gasteiger charge is -2.32. The van der Waals surface area contributed by atoms with Crippen LogP contribution in [0.15, 0.2) is 34.7 Å².